The third-order valence-electron chi connectivity index (χ3n) is 3.71. The second kappa shape index (κ2) is 6.01. The molecular weight excluding hydrogens is 339 g/mol. The van der Waals surface area contributed by atoms with Gasteiger partial charge in [-0.25, -0.2) is 4.98 Å². The van der Waals surface area contributed by atoms with E-state index in [2.05, 4.69) is 15.0 Å². The van der Waals surface area contributed by atoms with Gasteiger partial charge in [-0.15, -0.1) is 0 Å². The number of aromatic amines is 1. The molecule has 1 aromatic carbocycles. The topological polar surface area (TPSA) is 58.6 Å². The van der Waals surface area contributed by atoms with Crippen molar-refractivity contribution < 1.29 is 17.4 Å². The maximum Gasteiger partial charge on any atom is 0.416 e. The number of imidazole rings is 1. The molecule has 24 heavy (non-hydrogen) atoms. The number of aryl methyl sites for hydroxylation is 2. The first-order chi connectivity index (χ1) is 11.2. The highest BCUT2D eigenvalue weighted by molar-refractivity contribution is 7.84. The van der Waals surface area contributed by atoms with E-state index >= 15 is 0 Å². The Balaban J connectivity index is 1.88. The minimum Gasteiger partial charge on any atom is -0.331 e. The van der Waals surface area contributed by atoms with E-state index in [9.17, 15) is 17.4 Å². The number of alkyl halides is 3. The fourth-order valence-electron chi connectivity index (χ4n) is 2.23. The summed E-state index contributed by atoms with van der Waals surface area (Å²) >= 11 is 0. The summed E-state index contributed by atoms with van der Waals surface area (Å²) in [5.41, 5.74) is 2.50. The van der Waals surface area contributed by atoms with Crippen molar-refractivity contribution in [1.29, 1.82) is 0 Å². The van der Waals surface area contributed by atoms with E-state index in [1.165, 1.54) is 6.07 Å². The van der Waals surface area contributed by atoms with Crippen LogP contribution in [-0.4, -0.2) is 19.2 Å². The van der Waals surface area contributed by atoms with Gasteiger partial charge in [0, 0.05) is 6.20 Å². The summed E-state index contributed by atoms with van der Waals surface area (Å²) in [7, 11) is -1.52. The molecule has 3 rings (SSSR count). The van der Waals surface area contributed by atoms with E-state index in [0.29, 0.717) is 11.2 Å². The smallest absolute Gasteiger partial charge is 0.331 e. The molecule has 0 aliphatic heterocycles. The Hall–Kier alpha value is -2.22. The van der Waals surface area contributed by atoms with Crippen LogP contribution in [0.1, 0.15) is 22.4 Å². The molecule has 0 saturated carbocycles. The van der Waals surface area contributed by atoms with Crippen molar-refractivity contribution >= 4 is 21.8 Å². The van der Waals surface area contributed by atoms with Crippen molar-refractivity contribution in [1.82, 2.24) is 15.0 Å². The summed E-state index contributed by atoms with van der Waals surface area (Å²) in [4.78, 5) is 11.1. The molecule has 8 heteroatoms. The van der Waals surface area contributed by atoms with Gasteiger partial charge in [-0.05, 0) is 49.2 Å². The first-order valence-corrected chi connectivity index (χ1v) is 8.43. The van der Waals surface area contributed by atoms with Crippen LogP contribution in [0.4, 0.5) is 13.2 Å². The largest absolute Gasteiger partial charge is 0.416 e. The van der Waals surface area contributed by atoms with E-state index in [0.717, 1.165) is 23.3 Å². The van der Waals surface area contributed by atoms with Crippen molar-refractivity contribution in [2.24, 2.45) is 0 Å². The summed E-state index contributed by atoms with van der Waals surface area (Å²) in [5, 5.41) is 0.143. The highest BCUT2D eigenvalue weighted by atomic mass is 32.2. The summed E-state index contributed by atoms with van der Waals surface area (Å²) in [6, 6.07) is 5.04. The summed E-state index contributed by atoms with van der Waals surface area (Å²) in [6.07, 6.45) is -2.72. The first kappa shape index (κ1) is 16.6. The molecule has 1 atom stereocenters. The minimum atomic E-state index is -4.43. The molecule has 0 amide bonds. The van der Waals surface area contributed by atoms with E-state index in [-0.39, 0.29) is 16.4 Å². The lowest BCUT2D eigenvalue weighted by Crippen LogP contribution is -2.04. The van der Waals surface area contributed by atoms with Crippen LogP contribution in [0.5, 0.6) is 0 Å². The quantitative estimate of drug-likeness (QED) is 0.777. The Morgan fingerprint density at radius 3 is 2.58 bits per heavy atom. The predicted molar refractivity (Wildman–Crippen MR) is 84.9 cm³/mol. The Labute approximate surface area is 138 Å². The highest BCUT2D eigenvalue weighted by Gasteiger charge is 2.30. The molecule has 126 valence electrons. The molecule has 2 heterocycles. The average molecular weight is 353 g/mol. The Morgan fingerprint density at radius 1 is 1.17 bits per heavy atom. The second-order valence-corrected chi connectivity index (χ2v) is 6.89. The van der Waals surface area contributed by atoms with Crippen LogP contribution < -0.4 is 0 Å². The summed E-state index contributed by atoms with van der Waals surface area (Å²) in [6.45, 7) is 3.86. The first-order valence-electron chi connectivity index (χ1n) is 7.11. The van der Waals surface area contributed by atoms with Crippen LogP contribution in [0.3, 0.4) is 0 Å². The van der Waals surface area contributed by atoms with Crippen LogP contribution >= 0.6 is 0 Å². The van der Waals surface area contributed by atoms with E-state index in [1.54, 1.807) is 6.20 Å². The maximum absolute atomic E-state index is 12.7. The number of hydrogen-bond donors (Lipinski definition) is 1. The van der Waals surface area contributed by atoms with Crippen LogP contribution in [0.25, 0.3) is 11.0 Å². The van der Waals surface area contributed by atoms with Gasteiger partial charge in [0.15, 0.2) is 5.16 Å². The molecule has 0 fully saturated rings. The van der Waals surface area contributed by atoms with Gasteiger partial charge in [0.1, 0.15) is 0 Å². The van der Waals surface area contributed by atoms with Gasteiger partial charge in [-0.2, -0.15) is 13.2 Å². The molecule has 3 aromatic rings. The molecule has 4 nitrogen and oxygen atoms in total. The molecule has 0 spiro atoms. The number of nitrogens with one attached hydrogen (secondary N) is 1. The maximum atomic E-state index is 12.7. The molecule has 1 N–H and O–H groups in total. The van der Waals surface area contributed by atoms with Gasteiger partial charge in [0.2, 0.25) is 0 Å². The van der Waals surface area contributed by atoms with Crippen molar-refractivity contribution in [2.75, 3.05) is 0 Å². The number of fused-ring (bicyclic) bond motifs is 1. The number of aromatic nitrogens is 3. The number of rotatable bonds is 3. The molecule has 0 aliphatic carbocycles. The van der Waals surface area contributed by atoms with Gasteiger partial charge in [-0.3, -0.25) is 9.19 Å². The third-order valence-corrected chi connectivity index (χ3v) is 4.89. The van der Waals surface area contributed by atoms with Gasteiger partial charge in [-0.1, -0.05) is 0 Å². The van der Waals surface area contributed by atoms with E-state index < -0.39 is 22.5 Å². The third kappa shape index (κ3) is 3.33. The number of nitrogens with zero attached hydrogens (tertiary/aromatic N) is 2. The standard InChI is InChI=1S/C16H14F3N3OS/c1-9-5-12(20-7-10(9)2)8-24(23)15-21-13-4-3-11(16(17,18)19)6-14(13)22-15/h3-7H,8H2,1-2H3,(H,21,22). The Morgan fingerprint density at radius 2 is 1.92 bits per heavy atom. The normalized spacial score (nSPS) is 13.4. The monoisotopic (exact) mass is 353 g/mol. The van der Waals surface area contributed by atoms with Crippen molar-refractivity contribution in [3.8, 4) is 0 Å². The molecule has 0 radical (unpaired) electrons. The zero-order valence-electron chi connectivity index (χ0n) is 12.9. The zero-order chi connectivity index (χ0) is 17.5. The molecule has 0 saturated heterocycles. The molecule has 0 aliphatic rings. The van der Waals surface area contributed by atoms with Crippen molar-refractivity contribution in [3.63, 3.8) is 0 Å². The second-order valence-electron chi connectivity index (χ2n) is 5.52. The van der Waals surface area contributed by atoms with Crippen LogP contribution in [0.15, 0.2) is 35.6 Å². The average Bonchev–Trinajstić information content (AvgIpc) is 2.93. The minimum absolute atomic E-state index is 0.143. The van der Waals surface area contributed by atoms with Crippen molar-refractivity contribution in [3.05, 3.63) is 52.8 Å². The van der Waals surface area contributed by atoms with E-state index in [4.69, 9.17) is 0 Å². The number of halogens is 3. The number of pyridine rings is 1. The highest BCUT2D eigenvalue weighted by Crippen LogP contribution is 2.31. The molecule has 1 unspecified atom stereocenters. The number of hydrogen-bond acceptors (Lipinski definition) is 3. The Kier molecular flexibility index (Phi) is 4.16. The van der Waals surface area contributed by atoms with Gasteiger partial charge in [0.05, 0.1) is 38.8 Å². The molecule has 2 aromatic heterocycles. The van der Waals surface area contributed by atoms with Gasteiger partial charge in [0.25, 0.3) is 0 Å². The fourth-order valence-corrected chi connectivity index (χ4v) is 3.22. The van der Waals surface area contributed by atoms with Gasteiger partial charge < -0.3 is 4.98 Å². The fraction of sp³-hybridized carbons (Fsp3) is 0.250. The van der Waals surface area contributed by atoms with Crippen molar-refractivity contribution in [2.45, 2.75) is 30.9 Å². The lowest BCUT2D eigenvalue weighted by molar-refractivity contribution is -0.137. The molecule has 0 bridgehead atoms. The van der Waals surface area contributed by atoms with Crippen LogP contribution in [-0.2, 0) is 22.7 Å². The lowest BCUT2D eigenvalue weighted by Gasteiger charge is -2.05. The van der Waals surface area contributed by atoms with Gasteiger partial charge >= 0.3 is 6.18 Å². The SMILES string of the molecule is Cc1cnc(CS(=O)c2nc3ccc(C(F)(F)F)cc3[nH]2)cc1C. The molecular formula is C16H14F3N3OS. The van der Waals surface area contributed by atoms with Crippen LogP contribution in [0, 0.1) is 13.8 Å². The number of benzene rings is 1. The summed E-state index contributed by atoms with van der Waals surface area (Å²) < 4.78 is 50.6. The Bertz CT molecular complexity index is 934. The lowest BCUT2D eigenvalue weighted by atomic mass is 10.2. The summed E-state index contributed by atoms with van der Waals surface area (Å²) in [5.74, 6) is 0.146. The predicted octanol–water partition coefficient (Wildman–Crippen LogP) is 3.90. The number of H-pyrrole nitrogens is 1. The zero-order valence-corrected chi connectivity index (χ0v) is 13.8. The van der Waals surface area contributed by atoms with E-state index in [1.807, 2.05) is 19.9 Å². The van der Waals surface area contributed by atoms with Crippen LogP contribution in [0.2, 0.25) is 0 Å².